The largest absolute Gasteiger partial charge is 0.305 e. The Balaban J connectivity index is 2.04. The zero-order valence-corrected chi connectivity index (χ0v) is 13.7. The van der Waals surface area contributed by atoms with Crippen LogP contribution in [0.2, 0.25) is 0 Å². The number of hydrogen-bond acceptors (Lipinski definition) is 8. The molecular weight excluding hydrogens is 322 g/mol. The van der Waals surface area contributed by atoms with Crippen molar-refractivity contribution in [1.29, 1.82) is 0 Å². The fourth-order valence-electron chi connectivity index (χ4n) is 1.93. The van der Waals surface area contributed by atoms with Crippen molar-refractivity contribution in [2.75, 3.05) is 0 Å². The SMILES string of the molecule is Cc1nc(Sc2ncc([N+](=O)[O-])cn2)c2c(C)c(C)sc2n1. The Morgan fingerprint density at radius 3 is 2.50 bits per heavy atom. The van der Waals surface area contributed by atoms with Crippen LogP contribution in [-0.2, 0) is 0 Å². The van der Waals surface area contributed by atoms with Gasteiger partial charge in [-0.1, -0.05) is 0 Å². The summed E-state index contributed by atoms with van der Waals surface area (Å²) in [7, 11) is 0. The molecule has 0 saturated heterocycles. The smallest absolute Gasteiger partial charge is 0.258 e. The van der Waals surface area contributed by atoms with Crippen molar-refractivity contribution in [3.05, 3.63) is 38.8 Å². The molecule has 0 aliphatic rings. The molecular formula is C13H11N5O2S2. The van der Waals surface area contributed by atoms with Gasteiger partial charge in [-0.15, -0.1) is 11.3 Å². The molecule has 0 atom stereocenters. The minimum absolute atomic E-state index is 0.129. The van der Waals surface area contributed by atoms with Crippen molar-refractivity contribution in [2.45, 2.75) is 31.0 Å². The van der Waals surface area contributed by atoms with Gasteiger partial charge in [0.2, 0.25) is 0 Å². The minimum Gasteiger partial charge on any atom is -0.258 e. The highest BCUT2D eigenvalue weighted by atomic mass is 32.2. The number of thiophene rings is 1. The van der Waals surface area contributed by atoms with Gasteiger partial charge in [-0.25, -0.2) is 19.9 Å². The first kappa shape index (κ1) is 14.8. The van der Waals surface area contributed by atoms with Crippen molar-refractivity contribution >= 4 is 39.0 Å². The topological polar surface area (TPSA) is 94.7 Å². The molecule has 0 aliphatic carbocycles. The van der Waals surface area contributed by atoms with E-state index in [1.54, 1.807) is 11.3 Å². The van der Waals surface area contributed by atoms with Gasteiger partial charge >= 0.3 is 5.69 Å². The molecule has 0 aliphatic heterocycles. The van der Waals surface area contributed by atoms with Crippen LogP contribution in [-0.4, -0.2) is 24.9 Å². The van der Waals surface area contributed by atoms with Gasteiger partial charge in [-0.3, -0.25) is 10.1 Å². The van der Waals surface area contributed by atoms with Crippen molar-refractivity contribution in [3.63, 3.8) is 0 Å². The standard InChI is InChI=1S/C13H11N5O2S2/c1-6-7(2)21-11-10(6)12(17-8(3)16-11)22-13-14-4-9(5-15-13)18(19)20/h4-5H,1-3H3. The van der Waals surface area contributed by atoms with Gasteiger partial charge in [0.05, 0.1) is 4.92 Å². The molecule has 22 heavy (non-hydrogen) atoms. The van der Waals surface area contributed by atoms with Gasteiger partial charge in [0.25, 0.3) is 0 Å². The molecule has 3 rings (SSSR count). The van der Waals surface area contributed by atoms with Crippen LogP contribution < -0.4 is 0 Å². The van der Waals surface area contributed by atoms with E-state index in [9.17, 15) is 10.1 Å². The lowest BCUT2D eigenvalue weighted by Crippen LogP contribution is -1.95. The van der Waals surface area contributed by atoms with Crippen LogP contribution in [0.1, 0.15) is 16.3 Å². The summed E-state index contributed by atoms with van der Waals surface area (Å²) in [5.74, 6) is 0.679. The highest BCUT2D eigenvalue weighted by Crippen LogP contribution is 2.36. The van der Waals surface area contributed by atoms with Crippen molar-refractivity contribution < 1.29 is 4.92 Å². The number of nitrogens with zero attached hydrogens (tertiary/aromatic N) is 5. The third kappa shape index (κ3) is 2.64. The van der Waals surface area contributed by atoms with E-state index in [-0.39, 0.29) is 5.69 Å². The first-order chi connectivity index (χ1) is 10.5. The number of aryl methyl sites for hydroxylation is 3. The minimum atomic E-state index is -0.520. The summed E-state index contributed by atoms with van der Waals surface area (Å²) in [5.41, 5.74) is 1.01. The van der Waals surface area contributed by atoms with Crippen molar-refractivity contribution in [3.8, 4) is 0 Å². The number of rotatable bonds is 3. The Bertz CT molecular complexity index is 876. The second-order valence-electron chi connectivity index (χ2n) is 4.62. The lowest BCUT2D eigenvalue weighted by molar-refractivity contribution is -0.385. The van der Waals surface area contributed by atoms with Crippen molar-refractivity contribution in [2.24, 2.45) is 0 Å². The van der Waals surface area contributed by atoms with Gasteiger partial charge in [0.1, 0.15) is 28.1 Å². The zero-order valence-electron chi connectivity index (χ0n) is 12.0. The van der Waals surface area contributed by atoms with E-state index >= 15 is 0 Å². The zero-order chi connectivity index (χ0) is 15.9. The van der Waals surface area contributed by atoms with Gasteiger partial charge in [0, 0.05) is 10.3 Å². The summed E-state index contributed by atoms with van der Waals surface area (Å²) >= 11 is 2.92. The summed E-state index contributed by atoms with van der Waals surface area (Å²) in [6, 6.07) is 0. The second kappa shape index (κ2) is 5.58. The molecule has 0 unspecified atom stereocenters. The van der Waals surface area contributed by atoms with Gasteiger partial charge in [-0.05, 0) is 38.1 Å². The van der Waals surface area contributed by atoms with Gasteiger partial charge in [0.15, 0.2) is 5.16 Å². The van der Waals surface area contributed by atoms with Gasteiger partial charge in [-0.2, -0.15) is 0 Å². The molecule has 9 heteroatoms. The quantitative estimate of drug-likeness (QED) is 0.313. The Kier molecular flexibility index (Phi) is 3.75. The molecule has 7 nitrogen and oxygen atoms in total. The molecule has 112 valence electrons. The Hall–Kier alpha value is -2.13. The average Bonchev–Trinajstić information content (AvgIpc) is 2.74. The van der Waals surface area contributed by atoms with Gasteiger partial charge < -0.3 is 0 Å². The summed E-state index contributed by atoms with van der Waals surface area (Å²) < 4.78 is 0. The third-order valence-electron chi connectivity index (χ3n) is 3.12. The number of fused-ring (bicyclic) bond motifs is 1. The predicted octanol–water partition coefficient (Wildman–Crippen LogP) is 3.47. The van der Waals surface area contributed by atoms with Crippen LogP contribution in [0.4, 0.5) is 5.69 Å². The fourth-order valence-corrected chi connectivity index (χ4v) is 3.98. The molecule has 0 amide bonds. The normalized spacial score (nSPS) is 11.0. The Morgan fingerprint density at radius 1 is 1.18 bits per heavy atom. The maximum Gasteiger partial charge on any atom is 0.305 e. The van der Waals surface area contributed by atoms with E-state index in [1.165, 1.54) is 29.0 Å². The van der Waals surface area contributed by atoms with Crippen LogP contribution in [0.3, 0.4) is 0 Å². The van der Waals surface area contributed by atoms with Crippen LogP contribution in [0.25, 0.3) is 10.2 Å². The van der Waals surface area contributed by atoms with E-state index in [1.807, 2.05) is 20.8 Å². The molecule has 3 aromatic rings. The van der Waals surface area contributed by atoms with Crippen LogP contribution in [0, 0.1) is 30.9 Å². The maximum absolute atomic E-state index is 10.6. The predicted molar refractivity (Wildman–Crippen MR) is 84.4 cm³/mol. The first-order valence-electron chi connectivity index (χ1n) is 6.34. The van der Waals surface area contributed by atoms with Crippen LogP contribution in [0.5, 0.6) is 0 Å². The molecule has 0 radical (unpaired) electrons. The highest BCUT2D eigenvalue weighted by molar-refractivity contribution is 7.99. The average molecular weight is 333 g/mol. The number of hydrogen-bond donors (Lipinski definition) is 0. The Morgan fingerprint density at radius 2 is 1.86 bits per heavy atom. The summed E-state index contributed by atoms with van der Waals surface area (Å²) in [4.78, 5) is 29.2. The molecule has 0 bridgehead atoms. The maximum atomic E-state index is 10.6. The summed E-state index contributed by atoms with van der Waals surface area (Å²) in [6.45, 7) is 5.92. The van der Waals surface area contributed by atoms with E-state index in [2.05, 4.69) is 19.9 Å². The Labute approximate surface area is 134 Å². The number of aromatic nitrogens is 4. The first-order valence-corrected chi connectivity index (χ1v) is 7.97. The molecule has 0 N–H and O–H groups in total. The molecule has 0 saturated carbocycles. The lowest BCUT2D eigenvalue weighted by atomic mass is 10.2. The summed E-state index contributed by atoms with van der Waals surface area (Å²) in [5, 5.41) is 12.8. The summed E-state index contributed by atoms with van der Waals surface area (Å²) in [6.07, 6.45) is 2.40. The van der Waals surface area contributed by atoms with E-state index in [4.69, 9.17) is 0 Å². The number of nitro groups is 1. The van der Waals surface area contributed by atoms with Crippen molar-refractivity contribution in [1.82, 2.24) is 19.9 Å². The molecule has 3 heterocycles. The highest BCUT2D eigenvalue weighted by Gasteiger charge is 2.16. The second-order valence-corrected chi connectivity index (χ2v) is 6.78. The molecule has 0 aromatic carbocycles. The van der Waals surface area contributed by atoms with E-state index in [0.717, 1.165) is 20.8 Å². The van der Waals surface area contributed by atoms with E-state index in [0.29, 0.717) is 11.0 Å². The molecule has 3 aromatic heterocycles. The third-order valence-corrected chi connectivity index (χ3v) is 5.10. The van der Waals surface area contributed by atoms with E-state index < -0.39 is 4.92 Å². The fraction of sp³-hybridized carbons (Fsp3) is 0.231. The van der Waals surface area contributed by atoms with Crippen LogP contribution >= 0.6 is 23.1 Å². The lowest BCUT2D eigenvalue weighted by Gasteiger charge is -2.03. The molecule has 0 spiro atoms. The monoisotopic (exact) mass is 333 g/mol. The van der Waals surface area contributed by atoms with Crippen LogP contribution in [0.15, 0.2) is 22.6 Å². The molecule has 0 fully saturated rings.